The molecule has 136 valence electrons. The van der Waals surface area contributed by atoms with Crippen molar-refractivity contribution in [3.05, 3.63) is 71.8 Å². The lowest BCUT2D eigenvalue weighted by molar-refractivity contribution is -0.124. The minimum atomic E-state index is -0.760. The number of hydrazine groups is 1. The maximum atomic E-state index is 12.5. The van der Waals surface area contributed by atoms with Gasteiger partial charge in [-0.25, -0.2) is 0 Å². The normalized spacial score (nSPS) is 12.5. The van der Waals surface area contributed by atoms with E-state index in [1.165, 1.54) is 0 Å². The Morgan fingerprint density at radius 3 is 1.81 bits per heavy atom. The molecule has 0 heterocycles. The first-order chi connectivity index (χ1) is 12.5. The van der Waals surface area contributed by atoms with Crippen LogP contribution in [0.4, 0.5) is 0 Å². The maximum Gasteiger partial charge on any atom is 0.269 e. The van der Waals surface area contributed by atoms with Crippen LogP contribution >= 0.6 is 0 Å². The predicted octanol–water partition coefficient (Wildman–Crippen LogP) is 2.29. The highest BCUT2D eigenvalue weighted by molar-refractivity contribution is 5.99. The Morgan fingerprint density at radius 2 is 1.31 bits per heavy atom. The Balaban J connectivity index is 2.00. The molecule has 0 aliphatic heterocycles. The summed E-state index contributed by atoms with van der Waals surface area (Å²) in [6, 6.07) is 16.5. The predicted molar refractivity (Wildman–Crippen MR) is 99.2 cm³/mol. The molecule has 2 unspecified atom stereocenters. The Morgan fingerprint density at radius 1 is 0.808 bits per heavy atom. The van der Waals surface area contributed by atoms with E-state index in [1.54, 1.807) is 54.6 Å². The third-order valence-corrected chi connectivity index (χ3v) is 4.15. The van der Waals surface area contributed by atoms with Crippen molar-refractivity contribution in [1.82, 2.24) is 16.2 Å². The molecule has 0 saturated carbocycles. The molecule has 3 N–H and O–H groups in total. The third-order valence-electron chi connectivity index (χ3n) is 4.15. The molecule has 0 fully saturated rings. The maximum absolute atomic E-state index is 12.5. The highest BCUT2D eigenvalue weighted by atomic mass is 16.2. The molecule has 2 atom stereocenters. The standard InChI is InChI=1S/C20H23N3O3/c1-3-14(2)17(21-18(24)15-10-6-4-7-11-15)20(26)23-22-19(25)16-12-8-5-9-13-16/h4-14,17H,3H2,1-2H3,(H,21,24)(H,22,25)(H,23,26). The molecule has 26 heavy (non-hydrogen) atoms. The summed E-state index contributed by atoms with van der Waals surface area (Å²) in [5.74, 6) is -1.32. The summed E-state index contributed by atoms with van der Waals surface area (Å²) < 4.78 is 0. The van der Waals surface area contributed by atoms with Crippen molar-refractivity contribution < 1.29 is 14.4 Å². The van der Waals surface area contributed by atoms with E-state index in [4.69, 9.17) is 0 Å². The Hall–Kier alpha value is -3.15. The van der Waals surface area contributed by atoms with Crippen molar-refractivity contribution in [2.45, 2.75) is 26.3 Å². The molecule has 6 nitrogen and oxygen atoms in total. The van der Waals surface area contributed by atoms with Gasteiger partial charge in [-0.1, -0.05) is 56.7 Å². The van der Waals surface area contributed by atoms with Gasteiger partial charge in [0.05, 0.1) is 0 Å². The summed E-state index contributed by atoms with van der Waals surface area (Å²) in [6.45, 7) is 3.80. The van der Waals surface area contributed by atoms with Gasteiger partial charge in [0.15, 0.2) is 0 Å². The number of carbonyl (C=O) groups excluding carboxylic acids is 3. The summed E-state index contributed by atoms with van der Waals surface area (Å²) in [5.41, 5.74) is 5.69. The Labute approximate surface area is 153 Å². The van der Waals surface area contributed by atoms with E-state index in [2.05, 4.69) is 16.2 Å². The van der Waals surface area contributed by atoms with Crippen molar-refractivity contribution in [2.75, 3.05) is 0 Å². The smallest absolute Gasteiger partial charge is 0.269 e. The molecule has 2 rings (SSSR count). The summed E-state index contributed by atoms with van der Waals surface area (Å²) in [5, 5.41) is 2.74. The molecular formula is C20H23N3O3. The molecule has 0 aromatic heterocycles. The number of hydrogen-bond donors (Lipinski definition) is 3. The van der Waals surface area contributed by atoms with E-state index in [0.29, 0.717) is 17.5 Å². The largest absolute Gasteiger partial charge is 0.340 e. The molecule has 0 aliphatic carbocycles. The number of benzene rings is 2. The van der Waals surface area contributed by atoms with Gasteiger partial charge in [0.25, 0.3) is 17.7 Å². The van der Waals surface area contributed by atoms with E-state index < -0.39 is 17.9 Å². The monoisotopic (exact) mass is 353 g/mol. The lowest BCUT2D eigenvalue weighted by atomic mass is 9.98. The van der Waals surface area contributed by atoms with E-state index in [1.807, 2.05) is 19.9 Å². The fraction of sp³-hybridized carbons (Fsp3) is 0.250. The molecule has 0 saturated heterocycles. The van der Waals surface area contributed by atoms with E-state index >= 15 is 0 Å². The van der Waals surface area contributed by atoms with E-state index in [0.717, 1.165) is 0 Å². The second kappa shape index (κ2) is 9.36. The highest BCUT2D eigenvalue weighted by Gasteiger charge is 2.26. The van der Waals surface area contributed by atoms with Gasteiger partial charge in [-0.05, 0) is 30.2 Å². The van der Waals surface area contributed by atoms with Crippen molar-refractivity contribution in [2.24, 2.45) is 5.92 Å². The summed E-state index contributed by atoms with van der Waals surface area (Å²) in [4.78, 5) is 36.9. The quantitative estimate of drug-likeness (QED) is 0.696. The van der Waals surface area contributed by atoms with Crippen LogP contribution in [0.2, 0.25) is 0 Å². The first-order valence-electron chi connectivity index (χ1n) is 8.54. The summed E-state index contributed by atoms with van der Waals surface area (Å²) >= 11 is 0. The first kappa shape index (κ1) is 19.2. The third kappa shape index (κ3) is 5.17. The van der Waals surface area contributed by atoms with Gasteiger partial charge in [-0.3, -0.25) is 25.2 Å². The van der Waals surface area contributed by atoms with Crippen molar-refractivity contribution in [1.29, 1.82) is 0 Å². The fourth-order valence-electron chi connectivity index (χ4n) is 2.37. The van der Waals surface area contributed by atoms with Crippen molar-refractivity contribution in [3.63, 3.8) is 0 Å². The van der Waals surface area contributed by atoms with Gasteiger partial charge in [0.1, 0.15) is 6.04 Å². The first-order valence-corrected chi connectivity index (χ1v) is 8.54. The Bertz CT molecular complexity index is 747. The fourth-order valence-corrected chi connectivity index (χ4v) is 2.37. The van der Waals surface area contributed by atoms with Crippen LogP contribution in [0.3, 0.4) is 0 Å². The van der Waals surface area contributed by atoms with Gasteiger partial charge >= 0.3 is 0 Å². The van der Waals surface area contributed by atoms with E-state index in [-0.39, 0.29) is 11.8 Å². The second-order valence-electron chi connectivity index (χ2n) is 6.01. The van der Waals surface area contributed by atoms with Crippen LogP contribution in [0.15, 0.2) is 60.7 Å². The number of amides is 3. The number of carbonyl (C=O) groups is 3. The van der Waals surface area contributed by atoms with Crippen molar-refractivity contribution >= 4 is 17.7 Å². The van der Waals surface area contributed by atoms with Crippen LogP contribution in [0.1, 0.15) is 41.0 Å². The zero-order valence-corrected chi connectivity index (χ0v) is 14.9. The summed E-state index contributed by atoms with van der Waals surface area (Å²) in [6.07, 6.45) is 0.694. The van der Waals surface area contributed by atoms with Gasteiger partial charge in [-0.15, -0.1) is 0 Å². The van der Waals surface area contributed by atoms with Crippen LogP contribution in [-0.2, 0) is 4.79 Å². The average Bonchev–Trinajstić information content (AvgIpc) is 2.70. The number of rotatable bonds is 6. The van der Waals surface area contributed by atoms with E-state index in [9.17, 15) is 14.4 Å². The van der Waals surface area contributed by atoms with Crippen LogP contribution in [0.5, 0.6) is 0 Å². The molecule has 2 aromatic rings. The van der Waals surface area contributed by atoms with Crippen LogP contribution < -0.4 is 16.2 Å². The number of hydrogen-bond acceptors (Lipinski definition) is 3. The molecule has 6 heteroatoms. The Kier molecular flexibility index (Phi) is 6.91. The minimum Gasteiger partial charge on any atom is -0.340 e. The van der Waals surface area contributed by atoms with Crippen molar-refractivity contribution in [3.8, 4) is 0 Å². The zero-order chi connectivity index (χ0) is 18.9. The number of nitrogens with one attached hydrogen (secondary N) is 3. The molecule has 3 amide bonds. The van der Waals surface area contributed by atoms with Crippen LogP contribution in [0, 0.1) is 5.92 Å². The lowest BCUT2D eigenvalue weighted by Gasteiger charge is -2.23. The van der Waals surface area contributed by atoms with Gasteiger partial charge < -0.3 is 5.32 Å². The topological polar surface area (TPSA) is 87.3 Å². The van der Waals surface area contributed by atoms with Crippen LogP contribution in [0.25, 0.3) is 0 Å². The van der Waals surface area contributed by atoms with Crippen LogP contribution in [-0.4, -0.2) is 23.8 Å². The van der Waals surface area contributed by atoms with Gasteiger partial charge in [0.2, 0.25) is 0 Å². The minimum absolute atomic E-state index is 0.101. The van der Waals surface area contributed by atoms with Gasteiger partial charge in [-0.2, -0.15) is 0 Å². The molecule has 0 spiro atoms. The molecular weight excluding hydrogens is 330 g/mol. The molecule has 0 bridgehead atoms. The molecule has 0 aliphatic rings. The second-order valence-corrected chi connectivity index (χ2v) is 6.01. The zero-order valence-electron chi connectivity index (χ0n) is 14.9. The SMILES string of the molecule is CCC(C)C(NC(=O)c1ccccc1)C(=O)NNC(=O)c1ccccc1. The highest BCUT2D eigenvalue weighted by Crippen LogP contribution is 2.09. The average molecular weight is 353 g/mol. The van der Waals surface area contributed by atoms with Gasteiger partial charge in [0, 0.05) is 11.1 Å². The molecule has 2 aromatic carbocycles. The lowest BCUT2D eigenvalue weighted by Crippen LogP contribution is -2.54. The molecule has 0 radical (unpaired) electrons. The summed E-state index contributed by atoms with van der Waals surface area (Å²) in [7, 11) is 0.